The normalized spacial score (nSPS) is 10.4. The summed E-state index contributed by atoms with van der Waals surface area (Å²) in [5.41, 5.74) is 0.246. The van der Waals surface area contributed by atoms with Crippen molar-refractivity contribution >= 4 is 45.1 Å². The lowest BCUT2D eigenvalue weighted by Crippen LogP contribution is -2.08. The van der Waals surface area contributed by atoms with Gasteiger partial charge < -0.3 is 10.6 Å². The molecule has 0 aliphatic heterocycles. The molecule has 0 saturated heterocycles. The summed E-state index contributed by atoms with van der Waals surface area (Å²) in [6.45, 7) is 2.73. The van der Waals surface area contributed by atoms with Crippen LogP contribution in [0.1, 0.15) is 13.3 Å². The molecule has 0 amide bonds. The summed E-state index contributed by atoms with van der Waals surface area (Å²) < 4.78 is 14.3. The Labute approximate surface area is 129 Å². The van der Waals surface area contributed by atoms with Crippen molar-refractivity contribution in [3.63, 3.8) is 0 Å². The molecule has 0 atom stereocenters. The van der Waals surface area contributed by atoms with Gasteiger partial charge in [0.2, 0.25) is 17.2 Å². The van der Waals surface area contributed by atoms with Gasteiger partial charge in [-0.05, 0) is 46.1 Å². The summed E-state index contributed by atoms with van der Waals surface area (Å²) in [6, 6.07) is 4.65. The van der Waals surface area contributed by atoms with Gasteiger partial charge in [-0.2, -0.15) is 15.0 Å². The molecule has 0 spiro atoms. The van der Waals surface area contributed by atoms with Crippen LogP contribution in [0.3, 0.4) is 0 Å². The zero-order valence-corrected chi connectivity index (χ0v) is 13.0. The van der Waals surface area contributed by atoms with Gasteiger partial charge in [-0.3, -0.25) is 0 Å². The molecule has 106 valence electrons. The molecule has 0 bridgehead atoms. The summed E-state index contributed by atoms with van der Waals surface area (Å²) in [7, 11) is 0. The van der Waals surface area contributed by atoms with E-state index in [2.05, 4.69) is 41.5 Å². The van der Waals surface area contributed by atoms with Crippen LogP contribution in [0.15, 0.2) is 22.7 Å². The lowest BCUT2D eigenvalue weighted by atomic mass is 10.3. The average Bonchev–Trinajstić information content (AvgIpc) is 2.40. The Morgan fingerprint density at radius 2 is 2.00 bits per heavy atom. The summed E-state index contributed by atoms with van der Waals surface area (Å²) >= 11 is 9.09. The van der Waals surface area contributed by atoms with Gasteiger partial charge in [-0.1, -0.05) is 13.0 Å². The number of nitrogens with one attached hydrogen (secondary N) is 2. The minimum Gasteiger partial charge on any atom is -0.354 e. The van der Waals surface area contributed by atoms with E-state index in [0.717, 1.165) is 6.42 Å². The van der Waals surface area contributed by atoms with Crippen molar-refractivity contribution in [1.29, 1.82) is 0 Å². The third-order valence-corrected chi connectivity index (χ3v) is 3.17. The van der Waals surface area contributed by atoms with Crippen LogP contribution in [-0.4, -0.2) is 21.5 Å². The quantitative estimate of drug-likeness (QED) is 0.844. The lowest BCUT2D eigenvalue weighted by molar-refractivity contribution is 0.631. The number of aromatic nitrogens is 3. The molecule has 2 N–H and O–H groups in total. The number of halogens is 3. The molecule has 0 unspecified atom stereocenters. The van der Waals surface area contributed by atoms with Crippen molar-refractivity contribution in [3.8, 4) is 0 Å². The highest BCUT2D eigenvalue weighted by Gasteiger charge is 2.10. The largest absolute Gasteiger partial charge is 0.354 e. The van der Waals surface area contributed by atoms with Crippen LogP contribution in [0.2, 0.25) is 5.28 Å². The second kappa shape index (κ2) is 6.81. The van der Waals surface area contributed by atoms with Crippen molar-refractivity contribution in [3.05, 3.63) is 33.8 Å². The Bertz CT molecular complexity index is 590. The van der Waals surface area contributed by atoms with Crippen LogP contribution >= 0.6 is 27.5 Å². The lowest BCUT2D eigenvalue weighted by Gasteiger charge is -2.09. The van der Waals surface area contributed by atoms with E-state index >= 15 is 0 Å². The first-order chi connectivity index (χ1) is 9.60. The van der Waals surface area contributed by atoms with Crippen LogP contribution < -0.4 is 10.6 Å². The molecule has 0 aliphatic carbocycles. The summed E-state index contributed by atoms with van der Waals surface area (Å²) in [5, 5.41) is 5.82. The van der Waals surface area contributed by atoms with Gasteiger partial charge in [0, 0.05) is 11.0 Å². The Morgan fingerprint density at radius 1 is 1.25 bits per heavy atom. The zero-order valence-electron chi connectivity index (χ0n) is 10.6. The number of benzene rings is 1. The molecule has 0 aliphatic rings. The van der Waals surface area contributed by atoms with Gasteiger partial charge in [-0.15, -0.1) is 0 Å². The molecule has 0 radical (unpaired) electrons. The topological polar surface area (TPSA) is 62.7 Å². The standard InChI is InChI=1S/C12H12BrClFN5/c1-2-6-16-11-18-10(14)19-12(20-11)17-9-7(13)4-3-5-8(9)15/h3-5H,2,6H2,1H3,(H2,16,17,18,19,20). The van der Waals surface area contributed by atoms with Gasteiger partial charge in [0.1, 0.15) is 5.82 Å². The minimum atomic E-state index is -0.418. The first kappa shape index (κ1) is 14.9. The van der Waals surface area contributed by atoms with Gasteiger partial charge >= 0.3 is 0 Å². The number of nitrogens with zero attached hydrogens (tertiary/aromatic N) is 3. The molecule has 8 heteroatoms. The van der Waals surface area contributed by atoms with Crippen LogP contribution in [0, 0.1) is 5.82 Å². The van der Waals surface area contributed by atoms with E-state index in [1.807, 2.05) is 6.92 Å². The minimum absolute atomic E-state index is 0.0357. The number of rotatable bonds is 5. The van der Waals surface area contributed by atoms with E-state index in [1.54, 1.807) is 12.1 Å². The van der Waals surface area contributed by atoms with Crippen molar-refractivity contribution in [2.75, 3.05) is 17.2 Å². The van der Waals surface area contributed by atoms with Crippen molar-refractivity contribution in [1.82, 2.24) is 15.0 Å². The zero-order chi connectivity index (χ0) is 14.5. The molecule has 0 fully saturated rings. The predicted molar refractivity (Wildman–Crippen MR) is 81.0 cm³/mol. The monoisotopic (exact) mass is 359 g/mol. The highest BCUT2D eigenvalue weighted by Crippen LogP contribution is 2.27. The maximum Gasteiger partial charge on any atom is 0.233 e. The smallest absolute Gasteiger partial charge is 0.233 e. The van der Waals surface area contributed by atoms with Gasteiger partial charge in [0.15, 0.2) is 0 Å². The maximum absolute atomic E-state index is 13.7. The van der Waals surface area contributed by atoms with E-state index in [4.69, 9.17) is 11.6 Å². The summed E-state index contributed by atoms with van der Waals surface area (Å²) in [4.78, 5) is 12.0. The fraction of sp³-hybridized carbons (Fsp3) is 0.250. The van der Waals surface area contributed by atoms with E-state index in [9.17, 15) is 4.39 Å². The Balaban J connectivity index is 2.27. The average molecular weight is 361 g/mol. The van der Waals surface area contributed by atoms with E-state index in [1.165, 1.54) is 6.07 Å². The Kier molecular flexibility index (Phi) is 5.08. The number of hydrogen-bond acceptors (Lipinski definition) is 5. The van der Waals surface area contributed by atoms with Crippen molar-refractivity contribution in [2.45, 2.75) is 13.3 Å². The Hall–Kier alpha value is -1.47. The molecule has 1 heterocycles. The van der Waals surface area contributed by atoms with Crippen molar-refractivity contribution in [2.24, 2.45) is 0 Å². The van der Waals surface area contributed by atoms with Gasteiger partial charge in [0.25, 0.3) is 0 Å². The van der Waals surface area contributed by atoms with E-state index in [0.29, 0.717) is 17.0 Å². The number of anilines is 3. The fourth-order valence-electron chi connectivity index (χ4n) is 1.45. The van der Waals surface area contributed by atoms with Crippen LogP contribution in [0.4, 0.5) is 22.0 Å². The molecular formula is C12H12BrClFN5. The molecule has 1 aromatic carbocycles. The Morgan fingerprint density at radius 3 is 2.70 bits per heavy atom. The highest BCUT2D eigenvalue weighted by molar-refractivity contribution is 9.10. The summed E-state index contributed by atoms with van der Waals surface area (Å²) in [6.07, 6.45) is 0.922. The molecule has 2 rings (SSSR count). The first-order valence-corrected chi connectivity index (χ1v) is 7.13. The predicted octanol–water partition coefficient (Wildman–Crippen LogP) is 3.99. The molecular weight excluding hydrogens is 349 g/mol. The highest BCUT2D eigenvalue weighted by atomic mass is 79.9. The number of para-hydroxylation sites is 1. The van der Waals surface area contributed by atoms with Crippen LogP contribution in [0.25, 0.3) is 0 Å². The second-order valence-corrected chi connectivity index (χ2v) is 5.09. The van der Waals surface area contributed by atoms with E-state index in [-0.39, 0.29) is 16.9 Å². The SMILES string of the molecule is CCCNc1nc(Cl)nc(Nc2c(F)cccc2Br)n1. The van der Waals surface area contributed by atoms with Gasteiger partial charge in [-0.25, -0.2) is 4.39 Å². The summed E-state index contributed by atoms with van der Waals surface area (Å²) in [5.74, 6) is 0.107. The number of hydrogen-bond donors (Lipinski definition) is 2. The fourth-order valence-corrected chi connectivity index (χ4v) is 2.05. The third-order valence-electron chi connectivity index (χ3n) is 2.34. The molecule has 2 aromatic rings. The van der Waals surface area contributed by atoms with Crippen molar-refractivity contribution < 1.29 is 4.39 Å². The van der Waals surface area contributed by atoms with E-state index < -0.39 is 5.82 Å². The molecule has 0 saturated carbocycles. The van der Waals surface area contributed by atoms with Gasteiger partial charge in [0.05, 0.1) is 5.69 Å². The molecule has 20 heavy (non-hydrogen) atoms. The third kappa shape index (κ3) is 3.77. The first-order valence-electron chi connectivity index (χ1n) is 5.96. The molecule has 1 aromatic heterocycles. The molecule has 5 nitrogen and oxygen atoms in total. The van der Waals surface area contributed by atoms with Crippen LogP contribution in [-0.2, 0) is 0 Å². The second-order valence-electron chi connectivity index (χ2n) is 3.90. The van der Waals surface area contributed by atoms with Crippen LogP contribution in [0.5, 0.6) is 0 Å². The maximum atomic E-state index is 13.7.